The van der Waals surface area contributed by atoms with Gasteiger partial charge in [0, 0.05) is 30.3 Å². The van der Waals surface area contributed by atoms with Gasteiger partial charge in [0.15, 0.2) is 5.82 Å². The van der Waals surface area contributed by atoms with Crippen LogP contribution in [0.5, 0.6) is 0 Å². The Kier molecular flexibility index (Phi) is 3.38. The zero-order valence-corrected chi connectivity index (χ0v) is 10.7. The van der Waals surface area contributed by atoms with Gasteiger partial charge in [-0.05, 0) is 23.8 Å². The van der Waals surface area contributed by atoms with Gasteiger partial charge in [-0.2, -0.15) is 0 Å². The van der Waals surface area contributed by atoms with Crippen LogP contribution in [-0.2, 0) is 13.5 Å². The number of Topliss-reactive ketones (excluding diaryl/α,β-unsaturated/α-hetero) is 1. The number of aryl methyl sites for hydroxylation is 1. The molecule has 0 aliphatic heterocycles. The van der Waals surface area contributed by atoms with Crippen molar-refractivity contribution in [2.45, 2.75) is 6.42 Å². The lowest BCUT2D eigenvalue weighted by molar-refractivity contribution is 0.0979. The SMILES string of the molecule is Cn1ccnc1C(=O)Cc1cc(Br)ccc1F. The molecule has 1 aromatic heterocycles. The maximum absolute atomic E-state index is 13.5. The number of nitrogens with zero attached hydrogens (tertiary/aromatic N) is 2. The zero-order valence-electron chi connectivity index (χ0n) is 9.15. The maximum Gasteiger partial charge on any atom is 0.202 e. The topological polar surface area (TPSA) is 34.9 Å². The number of carbonyl (C=O) groups excluding carboxylic acids is 1. The highest BCUT2D eigenvalue weighted by Crippen LogP contribution is 2.17. The molecule has 88 valence electrons. The Hall–Kier alpha value is -1.49. The lowest BCUT2D eigenvalue weighted by Crippen LogP contribution is -2.11. The Balaban J connectivity index is 2.24. The molecule has 0 radical (unpaired) electrons. The lowest BCUT2D eigenvalue weighted by Gasteiger charge is -2.03. The molecule has 0 saturated heterocycles. The Bertz CT molecular complexity index is 565. The van der Waals surface area contributed by atoms with Crippen LogP contribution in [0.4, 0.5) is 4.39 Å². The minimum absolute atomic E-state index is 0.0100. The molecule has 0 unspecified atom stereocenters. The second-order valence-electron chi connectivity index (χ2n) is 3.70. The number of ketones is 1. The van der Waals surface area contributed by atoms with Crippen molar-refractivity contribution in [2.75, 3.05) is 0 Å². The third kappa shape index (κ3) is 2.61. The minimum Gasteiger partial charge on any atom is -0.332 e. The number of hydrogen-bond donors (Lipinski definition) is 0. The fourth-order valence-corrected chi connectivity index (χ4v) is 1.97. The Morgan fingerprint density at radius 3 is 2.94 bits per heavy atom. The van der Waals surface area contributed by atoms with Gasteiger partial charge >= 0.3 is 0 Å². The van der Waals surface area contributed by atoms with Gasteiger partial charge in [0.1, 0.15) is 5.82 Å². The molecule has 2 aromatic rings. The summed E-state index contributed by atoms with van der Waals surface area (Å²) in [7, 11) is 1.73. The van der Waals surface area contributed by atoms with Crippen LogP contribution in [0.25, 0.3) is 0 Å². The molecule has 0 saturated carbocycles. The molecule has 0 aliphatic carbocycles. The van der Waals surface area contributed by atoms with Crippen LogP contribution in [0.1, 0.15) is 16.2 Å². The summed E-state index contributed by atoms with van der Waals surface area (Å²) in [5, 5.41) is 0. The van der Waals surface area contributed by atoms with Gasteiger partial charge in [-0.1, -0.05) is 15.9 Å². The van der Waals surface area contributed by atoms with Crippen LogP contribution in [-0.4, -0.2) is 15.3 Å². The monoisotopic (exact) mass is 296 g/mol. The molecule has 0 aliphatic rings. The first-order chi connectivity index (χ1) is 8.08. The fourth-order valence-electron chi connectivity index (χ4n) is 1.57. The number of aromatic nitrogens is 2. The molecule has 1 aromatic carbocycles. The summed E-state index contributed by atoms with van der Waals surface area (Å²) >= 11 is 3.25. The predicted molar refractivity (Wildman–Crippen MR) is 65.3 cm³/mol. The fraction of sp³-hybridized carbons (Fsp3) is 0.167. The van der Waals surface area contributed by atoms with Crippen molar-refractivity contribution in [1.29, 1.82) is 0 Å². The van der Waals surface area contributed by atoms with E-state index in [4.69, 9.17) is 0 Å². The van der Waals surface area contributed by atoms with E-state index >= 15 is 0 Å². The van der Waals surface area contributed by atoms with E-state index in [9.17, 15) is 9.18 Å². The van der Waals surface area contributed by atoms with Crippen LogP contribution < -0.4 is 0 Å². The highest BCUT2D eigenvalue weighted by atomic mass is 79.9. The van der Waals surface area contributed by atoms with Crippen molar-refractivity contribution in [3.63, 3.8) is 0 Å². The van der Waals surface area contributed by atoms with Gasteiger partial charge in [0.2, 0.25) is 5.78 Å². The molecule has 0 spiro atoms. The van der Waals surface area contributed by atoms with Crippen LogP contribution >= 0.6 is 15.9 Å². The number of hydrogen-bond acceptors (Lipinski definition) is 2. The number of halogens is 2. The maximum atomic E-state index is 13.5. The van der Waals surface area contributed by atoms with Gasteiger partial charge in [0.25, 0.3) is 0 Å². The van der Waals surface area contributed by atoms with Crippen molar-refractivity contribution in [1.82, 2.24) is 9.55 Å². The molecule has 0 fully saturated rings. The summed E-state index contributed by atoms with van der Waals surface area (Å²) in [6.45, 7) is 0. The van der Waals surface area contributed by atoms with E-state index in [1.54, 1.807) is 36.1 Å². The summed E-state index contributed by atoms with van der Waals surface area (Å²) in [5.41, 5.74) is 0.368. The van der Waals surface area contributed by atoms with E-state index in [1.807, 2.05) is 0 Å². The van der Waals surface area contributed by atoms with Crippen LogP contribution in [0.2, 0.25) is 0 Å². The van der Waals surface area contributed by atoms with E-state index < -0.39 is 0 Å². The van der Waals surface area contributed by atoms with Crippen molar-refractivity contribution >= 4 is 21.7 Å². The van der Waals surface area contributed by atoms with Crippen LogP contribution in [0.15, 0.2) is 35.1 Å². The molecule has 0 amide bonds. The molecular weight excluding hydrogens is 287 g/mol. The molecule has 2 rings (SSSR count). The van der Waals surface area contributed by atoms with Gasteiger partial charge in [0.05, 0.1) is 0 Å². The summed E-state index contributed by atoms with van der Waals surface area (Å²) in [4.78, 5) is 15.8. The van der Waals surface area contributed by atoms with Crippen molar-refractivity contribution < 1.29 is 9.18 Å². The van der Waals surface area contributed by atoms with Crippen molar-refractivity contribution in [3.05, 3.63) is 52.3 Å². The van der Waals surface area contributed by atoms with Crippen molar-refractivity contribution in [2.24, 2.45) is 7.05 Å². The second-order valence-corrected chi connectivity index (χ2v) is 4.61. The quantitative estimate of drug-likeness (QED) is 0.817. The average molecular weight is 297 g/mol. The highest BCUT2D eigenvalue weighted by Gasteiger charge is 2.14. The largest absolute Gasteiger partial charge is 0.332 e. The van der Waals surface area contributed by atoms with Gasteiger partial charge in [-0.3, -0.25) is 4.79 Å². The number of rotatable bonds is 3. The normalized spacial score (nSPS) is 10.5. The van der Waals surface area contributed by atoms with E-state index in [1.165, 1.54) is 6.07 Å². The van der Waals surface area contributed by atoms with E-state index in [0.717, 1.165) is 4.47 Å². The standard InChI is InChI=1S/C12H10BrFN2O/c1-16-5-4-15-12(16)11(17)7-8-6-9(13)2-3-10(8)14/h2-6H,7H2,1H3. The first-order valence-electron chi connectivity index (χ1n) is 5.02. The lowest BCUT2D eigenvalue weighted by atomic mass is 10.1. The second kappa shape index (κ2) is 4.79. The minimum atomic E-state index is -0.379. The highest BCUT2D eigenvalue weighted by molar-refractivity contribution is 9.10. The van der Waals surface area contributed by atoms with Crippen molar-refractivity contribution in [3.8, 4) is 0 Å². The Labute approximate surface area is 106 Å². The average Bonchev–Trinajstić information content (AvgIpc) is 2.70. The number of benzene rings is 1. The summed E-state index contributed by atoms with van der Waals surface area (Å²) in [6, 6.07) is 4.55. The smallest absolute Gasteiger partial charge is 0.202 e. The Morgan fingerprint density at radius 1 is 1.53 bits per heavy atom. The van der Waals surface area contributed by atoms with E-state index in [2.05, 4.69) is 20.9 Å². The summed E-state index contributed by atoms with van der Waals surface area (Å²) in [5.74, 6) is -0.241. The molecule has 3 nitrogen and oxygen atoms in total. The van der Waals surface area contributed by atoms with Crippen LogP contribution in [0, 0.1) is 5.82 Å². The molecule has 0 atom stereocenters. The number of carbonyl (C=O) groups is 1. The zero-order chi connectivity index (χ0) is 12.4. The molecule has 0 bridgehead atoms. The molecule has 5 heteroatoms. The third-order valence-electron chi connectivity index (χ3n) is 2.43. The Morgan fingerprint density at radius 2 is 2.29 bits per heavy atom. The summed E-state index contributed by atoms with van der Waals surface area (Å²) in [6.07, 6.45) is 3.24. The van der Waals surface area contributed by atoms with Crippen LogP contribution in [0.3, 0.4) is 0 Å². The first-order valence-corrected chi connectivity index (χ1v) is 5.81. The van der Waals surface area contributed by atoms with Gasteiger partial charge in [-0.25, -0.2) is 9.37 Å². The van der Waals surface area contributed by atoms with Gasteiger partial charge in [-0.15, -0.1) is 0 Å². The summed E-state index contributed by atoms with van der Waals surface area (Å²) < 4.78 is 15.8. The molecule has 17 heavy (non-hydrogen) atoms. The molecular formula is C12H10BrFN2O. The van der Waals surface area contributed by atoms with E-state index in [0.29, 0.717) is 11.4 Å². The van der Waals surface area contributed by atoms with E-state index in [-0.39, 0.29) is 18.0 Å². The van der Waals surface area contributed by atoms with Gasteiger partial charge < -0.3 is 4.57 Å². The number of imidazole rings is 1. The first kappa shape index (κ1) is 12.0. The third-order valence-corrected chi connectivity index (χ3v) is 2.92. The predicted octanol–water partition coefficient (Wildman–Crippen LogP) is 2.75. The molecule has 1 heterocycles. The molecule has 0 N–H and O–H groups in total.